The summed E-state index contributed by atoms with van der Waals surface area (Å²) in [5, 5.41) is 23.4. The molecule has 0 spiro atoms. The average Bonchev–Trinajstić information content (AvgIpc) is 3.28. The second-order valence-electron chi connectivity index (χ2n) is 6.52. The van der Waals surface area contributed by atoms with Crippen LogP contribution in [0.5, 0.6) is 0 Å². The standard InChI is InChI=1S/C19H21N9O/c20-6-4-17(29)22-7-1-8-23-19-14-5-9-21-11-15(14)13-3-2-12(10-16(13)24-19)18-25-27-28-26-18/h2-3,5,9-11H,1,4,6-8,20H2,(H,22,29)(H,23,24)(H,25,26,27,28). The van der Waals surface area contributed by atoms with Crippen LogP contribution in [-0.4, -0.2) is 56.1 Å². The minimum absolute atomic E-state index is 0.0261. The molecule has 0 aliphatic heterocycles. The Hall–Kier alpha value is -3.66. The summed E-state index contributed by atoms with van der Waals surface area (Å²) in [6.07, 6.45) is 4.71. The van der Waals surface area contributed by atoms with Crippen molar-refractivity contribution < 1.29 is 4.79 Å². The number of H-pyrrole nitrogens is 1. The molecule has 10 nitrogen and oxygen atoms in total. The SMILES string of the molecule is NCCC(=O)NCCCNc1nc2cc(-c3nn[nH]n3)ccc2c2cnccc12. The minimum atomic E-state index is -0.0261. The highest BCUT2D eigenvalue weighted by Gasteiger charge is 2.11. The Balaban J connectivity index is 1.57. The highest BCUT2D eigenvalue weighted by atomic mass is 16.1. The molecule has 0 saturated heterocycles. The van der Waals surface area contributed by atoms with Crippen molar-refractivity contribution in [3.63, 3.8) is 0 Å². The molecule has 1 amide bonds. The number of tetrazole rings is 1. The normalized spacial score (nSPS) is 11.1. The topological polar surface area (TPSA) is 147 Å². The van der Waals surface area contributed by atoms with Gasteiger partial charge in [0.2, 0.25) is 11.7 Å². The number of carbonyl (C=O) groups excluding carboxylic acids is 1. The number of pyridine rings is 2. The summed E-state index contributed by atoms with van der Waals surface area (Å²) in [4.78, 5) is 20.6. The second kappa shape index (κ2) is 8.57. The van der Waals surface area contributed by atoms with Gasteiger partial charge < -0.3 is 16.4 Å². The number of amides is 1. The van der Waals surface area contributed by atoms with E-state index in [1.54, 1.807) is 6.20 Å². The first-order chi connectivity index (χ1) is 14.3. The fraction of sp³-hybridized carbons (Fsp3) is 0.263. The van der Waals surface area contributed by atoms with Gasteiger partial charge in [0, 0.05) is 60.2 Å². The van der Waals surface area contributed by atoms with Gasteiger partial charge in [-0.25, -0.2) is 4.98 Å². The highest BCUT2D eigenvalue weighted by Crippen LogP contribution is 2.30. The molecule has 0 bridgehead atoms. The molecule has 148 valence electrons. The van der Waals surface area contributed by atoms with Crippen molar-refractivity contribution in [2.45, 2.75) is 12.8 Å². The Morgan fingerprint density at radius 2 is 2.07 bits per heavy atom. The number of nitrogens with two attached hydrogens (primary N) is 1. The molecule has 4 aromatic rings. The zero-order valence-electron chi connectivity index (χ0n) is 15.7. The third kappa shape index (κ3) is 4.11. The number of nitrogens with zero attached hydrogens (tertiary/aromatic N) is 5. The Morgan fingerprint density at radius 1 is 1.14 bits per heavy atom. The number of aromatic nitrogens is 6. The van der Waals surface area contributed by atoms with E-state index in [0.717, 1.165) is 39.5 Å². The lowest BCUT2D eigenvalue weighted by Crippen LogP contribution is -2.27. The zero-order chi connectivity index (χ0) is 20.1. The molecule has 3 aromatic heterocycles. The molecule has 0 aliphatic rings. The predicted molar refractivity (Wildman–Crippen MR) is 110 cm³/mol. The second-order valence-corrected chi connectivity index (χ2v) is 6.52. The first kappa shape index (κ1) is 18.7. The van der Waals surface area contributed by atoms with Crippen LogP contribution >= 0.6 is 0 Å². The number of rotatable bonds is 8. The van der Waals surface area contributed by atoms with Crippen molar-refractivity contribution in [2.24, 2.45) is 5.73 Å². The molecule has 0 fully saturated rings. The van der Waals surface area contributed by atoms with Crippen LogP contribution in [0.25, 0.3) is 33.1 Å². The van der Waals surface area contributed by atoms with Gasteiger partial charge in [-0.15, -0.1) is 10.2 Å². The molecular weight excluding hydrogens is 370 g/mol. The first-order valence-corrected chi connectivity index (χ1v) is 9.38. The number of hydrogen-bond donors (Lipinski definition) is 4. The lowest BCUT2D eigenvalue weighted by atomic mass is 10.1. The number of hydrogen-bond acceptors (Lipinski definition) is 8. The smallest absolute Gasteiger partial charge is 0.221 e. The van der Waals surface area contributed by atoms with E-state index in [4.69, 9.17) is 10.7 Å². The van der Waals surface area contributed by atoms with Gasteiger partial charge >= 0.3 is 0 Å². The summed E-state index contributed by atoms with van der Waals surface area (Å²) < 4.78 is 0. The van der Waals surface area contributed by atoms with Gasteiger partial charge in [-0.1, -0.05) is 12.1 Å². The number of fused-ring (bicyclic) bond motifs is 3. The number of anilines is 1. The van der Waals surface area contributed by atoms with Crippen LogP contribution in [0.4, 0.5) is 5.82 Å². The van der Waals surface area contributed by atoms with Gasteiger partial charge in [-0.05, 0) is 23.8 Å². The van der Waals surface area contributed by atoms with Crippen LogP contribution in [0.15, 0.2) is 36.7 Å². The first-order valence-electron chi connectivity index (χ1n) is 9.38. The maximum absolute atomic E-state index is 11.5. The molecule has 3 heterocycles. The summed E-state index contributed by atoms with van der Waals surface area (Å²) >= 11 is 0. The van der Waals surface area contributed by atoms with Crippen molar-refractivity contribution >= 4 is 33.4 Å². The molecule has 0 saturated carbocycles. The van der Waals surface area contributed by atoms with E-state index in [0.29, 0.717) is 31.9 Å². The highest BCUT2D eigenvalue weighted by molar-refractivity contribution is 6.10. The van der Waals surface area contributed by atoms with Crippen LogP contribution < -0.4 is 16.4 Å². The van der Waals surface area contributed by atoms with Gasteiger partial charge in [0.15, 0.2) is 0 Å². The van der Waals surface area contributed by atoms with Gasteiger partial charge in [-0.2, -0.15) is 5.21 Å². The Bertz CT molecular complexity index is 1130. The summed E-state index contributed by atoms with van der Waals surface area (Å²) in [5.74, 6) is 1.26. The Morgan fingerprint density at radius 3 is 2.90 bits per heavy atom. The Labute approximate surface area is 166 Å². The number of carbonyl (C=O) groups is 1. The largest absolute Gasteiger partial charge is 0.369 e. The van der Waals surface area contributed by atoms with Crippen LogP contribution in [0.1, 0.15) is 12.8 Å². The average molecular weight is 391 g/mol. The molecule has 0 aliphatic carbocycles. The predicted octanol–water partition coefficient (Wildman–Crippen LogP) is 1.23. The fourth-order valence-corrected chi connectivity index (χ4v) is 3.15. The summed E-state index contributed by atoms with van der Waals surface area (Å²) in [6, 6.07) is 7.82. The lowest BCUT2D eigenvalue weighted by Gasteiger charge is -2.12. The van der Waals surface area contributed by atoms with Crippen LogP contribution in [0.3, 0.4) is 0 Å². The molecule has 1 aromatic carbocycles. The van der Waals surface area contributed by atoms with E-state index in [9.17, 15) is 4.79 Å². The van der Waals surface area contributed by atoms with E-state index >= 15 is 0 Å². The van der Waals surface area contributed by atoms with Crippen molar-refractivity contribution in [1.82, 2.24) is 35.9 Å². The van der Waals surface area contributed by atoms with Crippen LogP contribution in [0.2, 0.25) is 0 Å². The molecular formula is C19H21N9O. The zero-order valence-corrected chi connectivity index (χ0v) is 15.7. The monoisotopic (exact) mass is 391 g/mol. The number of benzene rings is 1. The molecule has 5 N–H and O–H groups in total. The van der Waals surface area contributed by atoms with Crippen molar-refractivity contribution in [3.05, 3.63) is 36.7 Å². The van der Waals surface area contributed by atoms with Gasteiger partial charge in [0.25, 0.3) is 0 Å². The maximum atomic E-state index is 11.5. The third-order valence-electron chi connectivity index (χ3n) is 4.54. The van der Waals surface area contributed by atoms with Crippen molar-refractivity contribution in [2.75, 3.05) is 25.0 Å². The molecule has 10 heteroatoms. The van der Waals surface area contributed by atoms with E-state index in [2.05, 4.69) is 36.2 Å². The number of nitrogens with one attached hydrogen (secondary N) is 3. The van der Waals surface area contributed by atoms with Crippen LogP contribution in [-0.2, 0) is 4.79 Å². The fourth-order valence-electron chi connectivity index (χ4n) is 3.15. The van der Waals surface area contributed by atoms with E-state index in [1.165, 1.54) is 0 Å². The van der Waals surface area contributed by atoms with Gasteiger partial charge in [-0.3, -0.25) is 9.78 Å². The third-order valence-corrected chi connectivity index (χ3v) is 4.54. The van der Waals surface area contributed by atoms with E-state index in [-0.39, 0.29) is 5.91 Å². The molecule has 4 rings (SSSR count). The van der Waals surface area contributed by atoms with E-state index in [1.807, 2.05) is 30.5 Å². The molecule has 29 heavy (non-hydrogen) atoms. The number of aromatic amines is 1. The summed E-state index contributed by atoms with van der Waals surface area (Å²) in [7, 11) is 0. The van der Waals surface area contributed by atoms with Crippen molar-refractivity contribution in [1.29, 1.82) is 0 Å². The minimum Gasteiger partial charge on any atom is -0.369 e. The Kier molecular flexibility index (Phi) is 5.52. The molecule has 0 unspecified atom stereocenters. The summed E-state index contributed by atoms with van der Waals surface area (Å²) in [6.45, 7) is 1.61. The lowest BCUT2D eigenvalue weighted by molar-refractivity contribution is -0.120. The molecule has 0 atom stereocenters. The maximum Gasteiger partial charge on any atom is 0.221 e. The van der Waals surface area contributed by atoms with Gasteiger partial charge in [0.05, 0.1) is 5.52 Å². The molecule has 0 radical (unpaired) electrons. The summed E-state index contributed by atoms with van der Waals surface area (Å²) in [5.41, 5.74) is 7.02. The van der Waals surface area contributed by atoms with Gasteiger partial charge in [0.1, 0.15) is 5.82 Å². The van der Waals surface area contributed by atoms with Crippen molar-refractivity contribution in [3.8, 4) is 11.4 Å². The van der Waals surface area contributed by atoms with E-state index < -0.39 is 0 Å². The van der Waals surface area contributed by atoms with Crippen LogP contribution in [0, 0.1) is 0 Å². The quantitative estimate of drug-likeness (QED) is 0.259.